The number of nitrogens with zero attached hydrogens (tertiary/aromatic N) is 4. The number of aromatic nitrogens is 2. The van der Waals surface area contributed by atoms with Crippen molar-refractivity contribution in [2.45, 2.75) is 26.2 Å². The van der Waals surface area contributed by atoms with Crippen LogP contribution < -0.4 is 5.11 Å². The van der Waals surface area contributed by atoms with E-state index in [1.165, 1.54) is 0 Å². The van der Waals surface area contributed by atoms with Gasteiger partial charge in [-0.3, -0.25) is 9.97 Å². The molecule has 0 radical (unpaired) electrons. The Balaban J connectivity index is 1.88. The molecule has 0 amide bonds. The van der Waals surface area contributed by atoms with E-state index in [1.54, 1.807) is 24.5 Å². The molecule has 2 heterocycles. The zero-order chi connectivity index (χ0) is 18.8. The van der Waals surface area contributed by atoms with Crippen molar-refractivity contribution in [2.24, 2.45) is 4.99 Å². The number of hydrogen-bond donors (Lipinski definition) is 1. The lowest BCUT2D eigenvalue weighted by atomic mass is 10.2. The summed E-state index contributed by atoms with van der Waals surface area (Å²) in [6.45, 7) is 4.25. The minimum absolute atomic E-state index is 0.251. The summed E-state index contributed by atoms with van der Waals surface area (Å²) >= 11 is 9.39. The first-order valence-electron chi connectivity index (χ1n) is 8.69. The highest BCUT2D eigenvalue weighted by molar-refractivity contribution is 8.10. The van der Waals surface area contributed by atoms with Crippen molar-refractivity contribution in [2.75, 3.05) is 19.6 Å². The maximum Gasteiger partial charge on any atom is 0.133 e. The van der Waals surface area contributed by atoms with Crippen molar-refractivity contribution in [1.29, 1.82) is 0 Å². The highest BCUT2D eigenvalue weighted by atomic mass is 32.1. The number of unbranched alkanes of at least 4 members (excludes halogenated alkanes) is 1. The van der Waals surface area contributed by atoms with Gasteiger partial charge in [0.2, 0.25) is 0 Å². The van der Waals surface area contributed by atoms with Gasteiger partial charge in [0.1, 0.15) is 4.32 Å². The number of pyridine rings is 2. The molecular formula is C19H23N4OS2-. The predicted octanol–water partition coefficient (Wildman–Crippen LogP) is 2.96. The summed E-state index contributed by atoms with van der Waals surface area (Å²) in [5, 5.41) is 12.2. The molecule has 26 heavy (non-hydrogen) atoms. The summed E-state index contributed by atoms with van der Waals surface area (Å²) in [5.41, 5.74) is 1.99. The van der Waals surface area contributed by atoms with E-state index in [-0.39, 0.29) is 5.90 Å². The van der Waals surface area contributed by atoms with E-state index in [0.717, 1.165) is 43.7 Å². The number of aliphatic imine (C=N–C) groups is 1. The molecule has 0 fully saturated rings. The van der Waals surface area contributed by atoms with E-state index >= 15 is 0 Å². The maximum absolute atomic E-state index is 12.2. The van der Waals surface area contributed by atoms with Crippen LogP contribution in [0, 0.1) is 0 Å². The van der Waals surface area contributed by atoms with Crippen molar-refractivity contribution in [3.8, 4) is 11.4 Å². The summed E-state index contributed by atoms with van der Waals surface area (Å²) in [6.07, 6.45) is 6.20. The average Bonchev–Trinajstić information content (AvgIpc) is 2.67. The first-order chi connectivity index (χ1) is 12.6. The van der Waals surface area contributed by atoms with E-state index in [9.17, 15) is 5.11 Å². The monoisotopic (exact) mass is 387 g/mol. The third-order valence-electron chi connectivity index (χ3n) is 3.83. The standard InChI is InChI=1S/C19H24N4OS2/c1-2-3-12-23(19(25)26)13-6-11-21-18(24)15-8-9-17(22-14-15)16-7-4-5-10-20-16/h4-5,7-10,14H,2-3,6,11-13H2,1H3,(H,21,24)(H,25,26)/p-1. The van der Waals surface area contributed by atoms with Crippen LogP contribution in [-0.2, 0) is 0 Å². The molecular weight excluding hydrogens is 364 g/mol. The normalized spacial score (nSPS) is 11.4. The Labute approximate surface area is 165 Å². The van der Waals surface area contributed by atoms with Gasteiger partial charge in [-0.25, -0.2) is 0 Å². The second-order valence-electron chi connectivity index (χ2n) is 5.81. The highest BCUT2D eigenvalue weighted by Crippen LogP contribution is 2.13. The van der Waals surface area contributed by atoms with E-state index in [0.29, 0.717) is 16.4 Å². The van der Waals surface area contributed by atoms with E-state index in [1.807, 2.05) is 23.1 Å². The van der Waals surface area contributed by atoms with Gasteiger partial charge in [0.25, 0.3) is 0 Å². The van der Waals surface area contributed by atoms with Gasteiger partial charge >= 0.3 is 0 Å². The van der Waals surface area contributed by atoms with Crippen LogP contribution in [0.5, 0.6) is 0 Å². The first kappa shape index (κ1) is 20.3. The molecule has 0 unspecified atom stereocenters. The summed E-state index contributed by atoms with van der Waals surface area (Å²) in [4.78, 5) is 14.7. The third-order valence-corrected chi connectivity index (χ3v) is 4.37. The Hall–Kier alpha value is -1.99. The molecule has 0 aliphatic heterocycles. The Bertz CT molecular complexity index is 720. The van der Waals surface area contributed by atoms with Crippen LogP contribution >= 0.6 is 24.8 Å². The molecule has 0 aromatic carbocycles. The quantitative estimate of drug-likeness (QED) is 0.236. The van der Waals surface area contributed by atoms with Crippen LogP contribution in [0.4, 0.5) is 0 Å². The zero-order valence-corrected chi connectivity index (χ0v) is 16.5. The summed E-state index contributed by atoms with van der Waals surface area (Å²) in [6, 6.07) is 9.16. The SMILES string of the molecule is CCCCN(CCCN=C([O-])c1ccc(-c2ccccn2)nc1)C(=S)S. The molecule has 0 atom stereocenters. The molecule has 0 saturated heterocycles. The van der Waals surface area contributed by atoms with Gasteiger partial charge in [0, 0.05) is 37.6 Å². The van der Waals surface area contributed by atoms with Gasteiger partial charge in [-0.1, -0.05) is 37.7 Å². The van der Waals surface area contributed by atoms with E-state index in [4.69, 9.17) is 12.2 Å². The second kappa shape index (κ2) is 10.9. The van der Waals surface area contributed by atoms with Crippen molar-refractivity contribution in [3.63, 3.8) is 0 Å². The van der Waals surface area contributed by atoms with Crippen LogP contribution in [0.25, 0.3) is 11.4 Å². The lowest BCUT2D eigenvalue weighted by molar-refractivity contribution is -0.213. The molecule has 2 rings (SSSR count). The lowest BCUT2D eigenvalue weighted by Gasteiger charge is -2.22. The molecule has 7 heteroatoms. The molecule has 0 aliphatic rings. The van der Waals surface area contributed by atoms with Crippen LogP contribution in [0.2, 0.25) is 0 Å². The van der Waals surface area contributed by atoms with Crippen molar-refractivity contribution in [1.82, 2.24) is 14.9 Å². The minimum Gasteiger partial charge on any atom is -0.858 e. The molecule has 0 bridgehead atoms. The Kier molecular flexibility index (Phi) is 8.50. The largest absolute Gasteiger partial charge is 0.858 e. The van der Waals surface area contributed by atoms with Crippen molar-refractivity contribution in [3.05, 3.63) is 48.3 Å². The zero-order valence-electron chi connectivity index (χ0n) is 14.8. The topological polar surface area (TPSA) is 64.4 Å². The number of hydrogen-bond acceptors (Lipinski definition) is 5. The summed E-state index contributed by atoms with van der Waals surface area (Å²) in [7, 11) is 0. The molecule has 2 aromatic rings. The van der Waals surface area contributed by atoms with E-state index < -0.39 is 0 Å². The fraction of sp³-hybridized carbons (Fsp3) is 0.368. The van der Waals surface area contributed by atoms with Crippen molar-refractivity contribution < 1.29 is 5.11 Å². The third kappa shape index (κ3) is 6.38. The highest BCUT2D eigenvalue weighted by Gasteiger charge is 2.05. The van der Waals surface area contributed by atoms with Crippen LogP contribution in [0.1, 0.15) is 31.7 Å². The van der Waals surface area contributed by atoms with Gasteiger partial charge in [-0.05, 0) is 36.9 Å². The average molecular weight is 388 g/mol. The predicted molar refractivity (Wildman–Crippen MR) is 112 cm³/mol. The van der Waals surface area contributed by atoms with E-state index in [2.05, 4.69) is 34.5 Å². The summed E-state index contributed by atoms with van der Waals surface area (Å²) in [5.74, 6) is -0.251. The van der Waals surface area contributed by atoms with Gasteiger partial charge in [-0.15, -0.1) is 12.6 Å². The molecule has 5 nitrogen and oxygen atoms in total. The maximum atomic E-state index is 12.2. The molecule has 2 aromatic heterocycles. The van der Waals surface area contributed by atoms with Gasteiger partial charge in [0.15, 0.2) is 0 Å². The second-order valence-corrected chi connectivity index (χ2v) is 6.92. The van der Waals surface area contributed by atoms with Gasteiger partial charge in [-0.2, -0.15) is 0 Å². The van der Waals surface area contributed by atoms with Crippen LogP contribution in [0.3, 0.4) is 0 Å². The molecule has 0 aliphatic carbocycles. The smallest absolute Gasteiger partial charge is 0.133 e. The van der Waals surface area contributed by atoms with Crippen molar-refractivity contribution >= 4 is 35.1 Å². The summed E-state index contributed by atoms with van der Waals surface area (Å²) < 4.78 is 0.596. The lowest BCUT2D eigenvalue weighted by Crippen LogP contribution is -2.29. The Morgan fingerprint density at radius 2 is 1.92 bits per heavy atom. The molecule has 138 valence electrons. The Morgan fingerprint density at radius 1 is 1.15 bits per heavy atom. The molecule has 0 N–H and O–H groups in total. The van der Waals surface area contributed by atoms with Crippen LogP contribution in [0.15, 0.2) is 47.7 Å². The number of rotatable bonds is 9. The first-order valence-corrected chi connectivity index (χ1v) is 9.54. The van der Waals surface area contributed by atoms with Gasteiger partial charge < -0.3 is 15.0 Å². The fourth-order valence-electron chi connectivity index (χ4n) is 2.37. The Morgan fingerprint density at radius 3 is 2.54 bits per heavy atom. The van der Waals surface area contributed by atoms with Gasteiger partial charge in [0.05, 0.1) is 11.4 Å². The number of thiol groups is 1. The molecule has 0 saturated carbocycles. The van der Waals surface area contributed by atoms with Crippen LogP contribution in [-0.4, -0.2) is 44.7 Å². The fourth-order valence-corrected chi connectivity index (χ4v) is 2.75. The molecule has 0 spiro atoms. The number of thiocarbonyl (C=S) groups is 1. The minimum atomic E-state index is -0.251.